The van der Waals surface area contributed by atoms with E-state index in [1.807, 2.05) is 0 Å². The minimum absolute atomic E-state index is 0.0142. The number of halogens is 2. The molecule has 2 aliphatic rings. The average molecular weight is 327 g/mol. The van der Waals surface area contributed by atoms with Crippen LogP contribution in [0, 0.1) is 11.6 Å². The first-order chi connectivity index (χ1) is 11.1. The van der Waals surface area contributed by atoms with Gasteiger partial charge in [-0.25, -0.2) is 8.78 Å². The number of hydrogen-bond acceptors (Lipinski definition) is 4. The molecule has 0 saturated carbocycles. The van der Waals surface area contributed by atoms with E-state index in [1.54, 1.807) is 0 Å². The van der Waals surface area contributed by atoms with Gasteiger partial charge in [-0.1, -0.05) is 0 Å². The summed E-state index contributed by atoms with van der Waals surface area (Å²) in [6.45, 7) is 1.48. The molecular formula is C16H19F2NO4. The fourth-order valence-electron chi connectivity index (χ4n) is 3.02. The summed E-state index contributed by atoms with van der Waals surface area (Å²) in [5.74, 6) is -2.00. The summed E-state index contributed by atoms with van der Waals surface area (Å²) in [6.07, 6.45) is 2.25. The van der Waals surface area contributed by atoms with E-state index in [2.05, 4.69) is 5.32 Å². The Hall–Kier alpha value is -1.73. The van der Waals surface area contributed by atoms with Gasteiger partial charge in [-0.05, 0) is 25.0 Å². The Balaban J connectivity index is 1.49. The summed E-state index contributed by atoms with van der Waals surface area (Å²) in [5, 5.41) is 2.88. The van der Waals surface area contributed by atoms with Crippen molar-refractivity contribution in [3.8, 4) is 5.75 Å². The second-order valence-electron chi connectivity index (χ2n) is 5.95. The predicted molar refractivity (Wildman–Crippen MR) is 77.1 cm³/mol. The number of carbonyl (C=O) groups is 1. The minimum atomic E-state index is -0.828. The molecule has 126 valence electrons. The lowest BCUT2D eigenvalue weighted by Crippen LogP contribution is -2.49. The lowest BCUT2D eigenvalue weighted by molar-refractivity contribution is -0.127. The van der Waals surface area contributed by atoms with Gasteiger partial charge >= 0.3 is 0 Å². The topological polar surface area (TPSA) is 56.8 Å². The molecule has 0 radical (unpaired) electrons. The Kier molecular flexibility index (Phi) is 4.77. The molecule has 2 saturated heterocycles. The molecule has 2 aliphatic heterocycles. The number of rotatable bonds is 4. The zero-order valence-electron chi connectivity index (χ0n) is 12.6. The van der Waals surface area contributed by atoms with Gasteiger partial charge in [0.1, 0.15) is 5.82 Å². The fourth-order valence-corrected chi connectivity index (χ4v) is 3.02. The van der Waals surface area contributed by atoms with Crippen LogP contribution in [0.2, 0.25) is 0 Å². The summed E-state index contributed by atoms with van der Waals surface area (Å²) >= 11 is 0. The number of benzene rings is 1. The van der Waals surface area contributed by atoms with E-state index in [-0.39, 0.29) is 29.9 Å². The monoisotopic (exact) mass is 327 g/mol. The van der Waals surface area contributed by atoms with Gasteiger partial charge in [0.2, 0.25) is 0 Å². The first-order valence-corrected chi connectivity index (χ1v) is 7.65. The number of hydrogen-bond donors (Lipinski definition) is 1. The van der Waals surface area contributed by atoms with Crippen molar-refractivity contribution in [2.45, 2.75) is 30.9 Å². The predicted octanol–water partition coefficient (Wildman–Crippen LogP) is 1.80. The molecule has 1 N–H and O–H groups in total. The zero-order valence-corrected chi connectivity index (χ0v) is 12.6. The highest BCUT2D eigenvalue weighted by Gasteiger charge is 2.41. The first kappa shape index (κ1) is 16.1. The molecule has 0 aliphatic carbocycles. The van der Waals surface area contributed by atoms with Crippen LogP contribution in [-0.2, 0) is 14.3 Å². The van der Waals surface area contributed by atoms with E-state index in [1.165, 1.54) is 0 Å². The molecule has 2 unspecified atom stereocenters. The normalized spacial score (nSPS) is 27.1. The van der Waals surface area contributed by atoms with E-state index >= 15 is 0 Å². The zero-order chi connectivity index (χ0) is 16.3. The minimum Gasteiger partial charge on any atom is -0.481 e. The molecule has 3 rings (SSSR count). The Morgan fingerprint density at radius 3 is 3.00 bits per heavy atom. The van der Waals surface area contributed by atoms with Gasteiger partial charge < -0.3 is 19.5 Å². The molecular weight excluding hydrogens is 308 g/mol. The smallest absolute Gasteiger partial charge is 0.258 e. The van der Waals surface area contributed by atoms with E-state index in [0.29, 0.717) is 26.2 Å². The standard InChI is InChI=1S/C16H19F2NO4/c17-11-1-2-14(13(18)7-11)22-9-15(20)19-12-3-5-23-16(8-12)4-6-21-10-16/h1-2,7,12H,3-6,8-10H2,(H,19,20). The van der Waals surface area contributed by atoms with Crippen LogP contribution >= 0.6 is 0 Å². The molecule has 1 aromatic carbocycles. The van der Waals surface area contributed by atoms with Gasteiger partial charge in [-0.2, -0.15) is 0 Å². The van der Waals surface area contributed by atoms with Gasteiger partial charge in [0.25, 0.3) is 5.91 Å². The molecule has 2 fully saturated rings. The molecule has 23 heavy (non-hydrogen) atoms. The van der Waals surface area contributed by atoms with Crippen molar-refractivity contribution in [2.75, 3.05) is 26.4 Å². The van der Waals surface area contributed by atoms with Gasteiger partial charge in [0.05, 0.1) is 12.2 Å². The summed E-state index contributed by atoms with van der Waals surface area (Å²) in [5.41, 5.74) is -0.292. The molecule has 0 aromatic heterocycles. The molecule has 5 nitrogen and oxygen atoms in total. The second-order valence-corrected chi connectivity index (χ2v) is 5.95. The van der Waals surface area contributed by atoms with Crippen LogP contribution in [0.4, 0.5) is 8.78 Å². The van der Waals surface area contributed by atoms with Crippen LogP contribution in [0.25, 0.3) is 0 Å². The third-order valence-corrected chi connectivity index (χ3v) is 4.18. The van der Waals surface area contributed by atoms with Crippen molar-refractivity contribution in [1.82, 2.24) is 5.32 Å². The SMILES string of the molecule is O=C(COc1ccc(F)cc1F)NC1CCOC2(CCOC2)C1. The molecule has 7 heteroatoms. The summed E-state index contributed by atoms with van der Waals surface area (Å²) < 4.78 is 42.5. The molecule has 2 heterocycles. The molecule has 1 spiro atoms. The van der Waals surface area contributed by atoms with Gasteiger partial charge in [-0.15, -0.1) is 0 Å². The molecule has 2 atom stereocenters. The van der Waals surface area contributed by atoms with Gasteiger partial charge in [-0.3, -0.25) is 4.79 Å². The maximum absolute atomic E-state index is 13.4. The maximum Gasteiger partial charge on any atom is 0.258 e. The Morgan fingerprint density at radius 2 is 2.26 bits per heavy atom. The highest BCUT2D eigenvalue weighted by Crippen LogP contribution is 2.32. The fraction of sp³-hybridized carbons (Fsp3) is 0.562. The van der Waals surface area contributed by atoms with E-state index in [4.69, 9.17) is 14.2 Å². The first-order valence-electron chi connectivity index (χ1n) is 7.65. The third kappa shape index (κ3) is 3.97. The van der Waals surface area contributed by atoms with Crippen LogP contribution in [-0.4, -0.2) is 44.0 Å². The van der Waals surface area contributed by atoms with Crippen LogP contribution in [0.3, 0.4) is 0 Å². The van der Waals surface area contributed by atoms with E-state index in [0.717, 1.165) is 31.0 Å². The highest BCUT2D eigenvalue weighted by molar-refractivity contribution is 5.77. The number of amides is 1. The molecule has 0 bridgehead atoms. The number of ether oxygens (including phenoxy) is 3. The molecule has 1 amide bonds. The maximum atomic E-state index is 13.4. The Bertz CT molecular complexity index is 575. The number of nitrogens with one attached hydrogen (secondary N) is 1. The van der Waals surface area contributed by atoms with Crippen molar-refractivity contribution in [3.63, 3.8) is 0 Å². The van der Waals surface area contributed by atoms with Crippen molar-refractivity contribution >= 4 is 5.91 Å². The third-order valence-electron chi connectivity index (χ3n) is 4.18. The summed E-state index contributed by atoms with van der Waals surface area (Å²) in [4.78, 5) is 12.0. The van der Waals surface area contributed by atoms with Crippen LogP contribution in [0.5, 0.6) is 5.75 Å². The van der Waals surface area contributed by atoms with Crippen molar-refractivity contribution in [2.24, 2.45) is 0 Å². The van der Waals surface area contributed by atoms with Crippen LogP contribution in [0.15, 0.2) is 18.2 Å². The highest BCUT2D eigenvalue weighted by atomic mass is 19.1. The van der Waals surface area contributed by atoms with Gasteiger partial charge in [0.15, 0.2) is 18.2 Å². The van der Waals surface area contributed by atoms with Crippen LogP contribution < -0.4 is 10.1 Å². The summed E-state index contributed by atoms with van der Waals surface area (Å²) in [7, 11) is 0. The van der Waals surface area contributed by atoms with Crippen molar-refractivity contribution in [1.29, 1.82) is 0 Å². The van der Waals surface area contributed by atoms with E-state index < -0.39 is 11.6 Å². The molecule has 1 aromatic rings. The van der Waals surface area contributed by atoms with Gasteiger partial charge in [0, 0.05) is 31.7 Å². The Morgan fingerprint density at radius 1 is 1.39 bits per heavy atom. The van der Waals surface area contributed by atoms with E-state index in [9.17, 15) is 13.6 Å². The average Bonchev–Trinajstić information content (AvgIpc) is 2.94. The van der Waals surface area contributed by atoms with Crippen molar-refractivity contribution in [3.05, 3.63) is 29.8 Å². The lowest BCUT2D eigenvalue weighted by Gasteiger charge is -2.37. The van der Waals surface area contributed by atoms with Crippen LogP contribution in [0.1, 0.15) is 19.3 Å². The Labute approximate surface area is 132 Å². The quantitative estimate of drug-likeness (QED) is 0.916. The summed E-state index contributed by atoms with van der Waals surface area (Å²) in [6, 6.07) is 2.95. The largest absolute Gasteiger partial charge is 0.481 e. The second kappa shape index (κ2) is 6.80. The lowest BCUT2D eigenvalue weighted by atomic mass is 9.90. The van der Waals surface area contributed by atoms with Crippen molar-refractivity contribution < 1.29 is 27.8 Å². The number of carbonyl (C=O) groups excluding carboxylic acids is 1.